The lowest BCUT2D eigenvalue weighted by Crippen LogP contribution is -2.59. The second-order valence-corrected chi connectivity index (χ2v) is 4.83. The standard InChI is InChI=1S/C11H23N3O/c1-9-5-13-11(6-12-9)7-14-3-4-15-8-10(14)2/h9-13H,3-8H2,1-2H3/t9-,10-,11+/m1/s1. The van der Waals surface area contributed by atoms with Gasteiger partial charge in [-0.2, -0.15) is 0 Å². The highest BCUT2D eigenvalue weighted by Crippen LogP contribution is 2.07. The molecule has 4 nitrogen and oxygen atoms in total. The number of hydrogen-bond donors (Lipinski definition) is 2. The summed E-state index contributed by atoms with van der Waals surface area (Å²) in [5, 5.41) is 7.11. The van der Waals surface area contributed by atoms with Gasteiger partial charge < -0.3 is 15.4 Å². The zero-order chi connectivity index (χ0) is 10.7. The van der Waals surface area contributed by atoms with E-state index in [2.05, 4.69) is 29.4 Å². The van der Waals surface area contributed by atoms with Crippen LogP contribution in [0.4, 0.5) is 0 Å². The lowest BCUT2D eigenvalue weighted by Gasteiger charge is -2.38. The number of hydrogen-bond acceptors (Lipinski definition) is 4. The van der Waals surface area contributed by atoms with E-state index < -0.39 is 0 Å². The Morgan fingerprint density at radius 1 is 1.27 bits per heavy atom. The quantitative estimate of drug-likeness (QED) is 0.658. The van der Waals surface area contributed by atoms with Crippen molar-refractivity contribution < 1.29 is 4.74 Å². The fourth-order valence-electron chi connectivity index (χ4n) is 2.28. The van der Waals surface area contributed by atoms with Gasteiger partial charge in [0, 0.05) is 44.3 Å². The number of nitrogens with one attached hydrogen (secondary N) is 2. The van der Waals surface area contributed by atoms with Crippen molar-refractivity contribution in [3.8, 4) is 0 Å². The van der Waals surface area contributed by atoms with Crippen molar-refractivity contribution in [3.05, 3.63) is 0 Å². The SMILES string of the molecule is C[C@@H]1CN[C@H](CN2CCOC[C@H]2C)CN1. The molecule has 2 heterocycles. The van der Waals surface area contributed by atoms with E-state index in [1.165, 1.54) is 0 Å². The van der Waals surface area contributed by atoms with Crippen molar-refractivity contribution in [3.63, 3.8) is 0 Å². The van der Waals surface area contributed by atoms with Gasteiger partial charge in [-0.1, -0.05) is 0 Å². The summed E-state index contributed by atoms with van der Waals surface area (Å²) in [6, 6.07) is 1.78. The van der Waals surface area contributed by atoms with Crippen molar-refractivity contribution in [2.45, 2.75) is 32.0 Å². The Hall–Kier alpha value is -0.160. The Labute approximate surface area is 92.4 Å². The Bertz CT molecular complexity index is 192. The molecule has 2 saturated heterocycles. The second kappa shape index (κ2) is 5.25. The first-order chi connectivity index (χ1) is 7.25. The molecule has 2 rings (SSSR count). The summed E-state index contributed by atoms with van der Waals surface area (Å²) in [5.74, 6) is 0. The smallest absolute Gasteiger partial charge is 0.0619 e. The molecule has 0 aromatic rings. The van der Waals surface area contributed by atoms with Gasteiger partial charge in [-0.15, -0.1) is 0 Å². The predicted octanol–water partition coefficient (Wildman–Crippen LogP) is -0.343. The molecule has 15 heavy (non-hydrogen) atoms. The third-order valence-electron chi connectivity index (χ3n) is 3.39. The average Bonchev–Trinajstić information content (AvgIpc) is 2.25. The van der Waals surface area contributed by atoms with E-state index in [0.29, 0.717) is 18.1 Å². The van der Waals surface area contributed by atoms with E-state index in [-0.39, 0.29) is 0 Å². The summed E-state index contributed by atoms with van der Waals surface area (Å²) in [6.07, 6.45) is 0. The summed E-state index contributed by atoms with van der Waals surface area (Å²) in [7, 11) is 0. The summed E-state index contributed by atoms with van der Waals surface area (Å²) in [6.45, 7) is 10.6. The maximum Gasteiger partial charge on any atom is 0.0619 e. The van der Waals surface area contributed by atoms with Gasteiger partial charge in [-0.05, 0) is 13.8 Å². The minimum absolute atomic E-state index is 0.569. The van der Waals surface area contributed by atoms with Crippen LogP contribution in [0.3, 0.4) is 0 Å². The van der Waals surface area contributed by atoms with Gasteiger partial charge in [-0.25, -0.2) is 0 Å². The van der Waals surface area contributed by atoms with Crippen LogP contribution in [0.2, 0.25) is 0 Å². The summed E-state index contributed by atoms with van der Waals surface area (Å²) < 4.78 is 5.44. The zero-order valence-corrected chi connectivity index (χ0v) is 9.83. The first-order valence-corrected chi connectivity index (χ1v) is 6.04. The molecule has 0 saturated carbocycles. The van der Waals surface area contributed by atoms with Gasteiger partial charge >= 0.3 is 0 Å². The third kappa shape index (κ3) is 3.14. The van der Waals surface area contributed by atoms with Crippen LogP contribution in [0, 0.1) is 0 Å². The van der Waals surface area contributed by atoms with Crippen LogP contribution in [-0.4, -0.2) is 62.4 Å². The highest BCUT2D eigenvalue weighted by Gasteiger charge is 2.24. The van der Waals surface area contributed by atoms with Crippen molar-refractivity contribution >= 4 is 0 Å². The number of piperazine rings is 1. The van der Waals surface area contributed by atoms with Gasteiger partial charge in [0.2, 0.25) is 0 Å². The Balaban J connectivity index is 1.75. The van der Waals surface area contributed by atoms with E-state index in [1.807, 2.05) is 0 Å². The Morgan fingerprint density at radius 2 is 2.13 bits per heavy atom. The lowest BCUT2D eigenvalue weighted by atomic mass is 10.1. The molecule has 0 aromatic heterocycles. The summed E-state index contributed by atoms with van der Waals surface area (Å²) in [5.41, 5.74) is 0. The van der Waals surface area contributed by atoms with Crippen LogP contribution in [0.25, 0.3) is 0 Å². The fourth-order valence-corrected chi connectivity index (χ4v) is 2.28. The van der Waals surface area contributed by atoms with Gasteiger partial charge in [0.1, 0.15) is 0 Å². The van der Waals surface area contributed by atoms with Crippen molar-refractivity contribution in [2.75, 3.05) is 39.4 Å². The highest BCUT2D eigenvalue weighted by molar-refractivity contribution is 4.84. The number of ether oxygens (including phenoxy) is 1. The summed E-state index contributed by atoms with van der Waals surface area (Å²) >= 11 is 0. The number of morpholine rings is 1. The minimum Gasteiger partial charge on any atom is -0.379 e. The molecule has 0 amide bonds. The Kier molecular flexibility index (Phi) is 3.97. The van der Waals surface area contributed by atoms with Crippen LogP contribution in [0.15, 0.2) is 0 Å². The molecule has 0 bridgehead atoms. The molecule has 2 aliphatic heterocycles. The predicted molar refractivity (Wildman–Crippen MR) is 61.1 cm³/mol. The summed E-state index contributed by atoms with van der Waals surface area (Å²) in [4.78, 5) is 2.53. The molecule has 0 unspecified atom stereocenters. The zero-order valence-electron chi connectivity index (χ0n) is 9.83. The maximum absolute atomic E-state index is 5.44. The monoisotopic (exact) mass is 213 g/mol. The van der Waals surface area contributed by atoms with Crippen molar-refractivity contribution in [1.29, 1.82) is 0 Å². The topological polar surface area (TPSA) is 36.5 Å². The molecular formula is C11H23N3O. The van der Waals surface area contributed by atoms with E-state index in [9.17, 15) is 0 Å². The molecule has 0 aromatic carbocycles. The van der Waals surface area contributed by atoms with Crippen LogP contribution in [-0.2, 0) is 4.74 Å². The molecular weight excluding hydrogens is 190 g/mol. The molecule has 0 spiro atoms. The molecule has 88 valence electrons. The molecule has 2 fully saturated rings. The molecule has 4 heteroatoms. The maximum atomic E-state index is 5.44. The van der Waals surface area contributed by atoms with Crippen LogP contribution >= 0.6 is 0 Å². The van der Waals surface area contributed by atoms with Crippen LogP contribution < -0.4 is 10.6 Å². The highest BCUT2D eigenvalue weighted by atomic mass is 16.5. The van der Waals surface area contributed by atoms with E-state index in [1.54, 1.807) is 0 Å². The molecule has 0 radical (unpaired) electrons. The third-order valence-corrected chi connectivity index (χ3v) is 3.39. The van der Waals surface area contributed by atoms with Crippen molar-refractivity contribution in [1.82, 2.24) is 15.5 Å². The molecule has 3 atom stereocenters. The van der Waals surface area contributed by atoms with E-state index in [0.717, 1.165) is 39.4 Å². The van der Waals surface area contributed by atoms with Crippen LogP contribution in [0.1, 0.15) is 13.8 Å². The Morgan fingerprint density at radius 3 is 2.80 bits per heavy atom. The molecule has 0 aliphatic carbocycles. The normalized spacial score (nSPS) is 39.2. The molecule has 2 aliphatic rings. The van der Waals surface area contributed by atoms with Crippen LogP contribution in [0.5, 0.6) is 0 Å². The van der Waals surface area contributed by atoms with E-state index in [4.69, 9.17) is 4.74 Å². The van der Waals surface area contributed by atoms with Gasteiger partial charge in [-0.3, -0.25) is 4.90 Å². The van der Waals surface area contributed by atoms with Gasteiger partial charge in [0.15, 0.2) is 0 Å². The number of rotatable bonds is 2. The first kappa shape index (κ1) is 11.3. The largest absolute Gasteiger partial charge is 0.379 e. The second-order valence-electron chi connectivity index (χ2n) is 4.83. The van der Waals surface area contributed by atoms with Crippen molar-refractivity contribution in [2.24, 2.45) is 0 Å². The van der Waals surface area contributed by atoms with E-state index >= 15 is 0 Å². The van der Waals surface area contributed by atoms with Gasteiger partial charge in [0.05, 0.1) is 13.2 Å². The fraction of sp³-hybridized carbons (Fsp3) is 1.00. The first-order valence-electron chi connectivity index (χ1n) is 6.04. The van der Waals surface area contributed by atoms with Gasteiger partial charge in [0.25, 0.3) is 0 Å². The molecule has 2 N–H and O–H groups in total. The minimum atomic E-state index is 0.569. The lowest BCUT2D eigenvalue weighted by molar-refractivity contribution is -0.00528. The average molecular weight is 213 g/mol. The number of nitrogens with zero attached hydrogens (tertiary/aromatic N) is 1.